The molecule has 4 rings (SSSR count). The topological polar surface area (TPSA) is 127 Å². The van der Waals surface area contributed by atoms with Crippen molar-refractivity contribution in [2.75, 3.05) is 24.7 Å². The zero-order valence-corrected chi connectivity index (χ0v) is 19.0. The van der Waals surface area contributed by atoms with E-state index in [-0.39, 0.29) is 17.3 Å². The standard InChI is InChI=1S/C23H26N8O3/c1-3-30(4-2)19-11-9-18(10-12-19)28-27-17-7-5-16(6-8-17)13-20-21(14-24)29-31(22(20)32)34-33-23-25-15-26-23/h5-7,9-13,17,23,25-26H,3-4,8,15H2,1-2H3/b20-13-,28-27+. The second-order valence-corrected chi connectivity index (χ2v) is 7.60. The lowest BCUT2D eigenvalue weighted by Gasteiger charge is -2.27. The van der Waals surface area contributed by atoms with Crippen LogP contribution in [0.3, 0.4) is 0 Å². The lowest BCUT2D eigenvalue weighted by Crippen LogP contribution is -2.60. The van der Waals surface area contributed by atoms with Gasteiger partial charge >= 0.3 is 5.91 Å². The van der Waals surface area contributed by atoms with E-state index in [0.29, 0.717) is 18.3 Å². The number of hydrogen-bond acceptors (Lipinski definition) is 10. The minimum absolute atomic E-state index is 0.0487. The van der Waals surface area contributed by atoms with Crippen molar-refractivity contribution in [2.24, 2.45) is 15.3 Å². The molecular weight excluding hydrogens is 436 g/mol. The molecule has 1 aromatic carbocycles. The van der Waals surface area contributed by atoms with Gasteiger partial charge in [0.1, 0.15) is 6.07 Å². The zero-order valence-electron chi connectivity index (χ0n) is 19.0. The van der Waals surface area contributed by atoms with E-state index >= 15 is 0 Å². The van der Waals surface area contributed by atoms with Crippen molar-refractivity contribution < 1.29 is 14.7 Å². The second-order valence-electron chi connectivity index (χ2n) is 7.60. The lowest BCUT2D eigenvalue weighted by molar-refractivity contribution is -0.444. The Hall–Kier alpha value is -3.69. The predicted octanol–water partition coefficient (Wildman–Crippen LogP) is 2.82. The number of nitriles is 1. The number of nitrogens with one attached hydrogen (secondary N) is 2. The van der Waals surface area contributed by atoms with Crippen molar-refractivity contribution >= 4 is 23.0 Å². The molecule has 1 aliphatic carbocycles. The highest BCUT2D eigenvalue weighted by Crippen LogP contribution is 2.24. The summed E-state index contributed by atoms with van der Waals surface area (Å²) in [5.74, 6) is -0.583. The van der Waals surface area contributed by atoms with E-state index in [1.807, 2.05) is 48.6 Å². The van der Waals surface area contributed by atoms with Crippen LogP contribution >= 0.6 is 0 Å². The van der Waals surface area contributed by atoms with Crippen LogP contribution in [0.4, 0.5) is 11.4 Å². The van der Waals surface area contributed by atoms with E-state index in [4.69, 9.17) is 9.88 Å². The molecule has 34 heavy (non-hydrogen) atoms. The third kappa shape index (κ3) is 5.44. The molecule has 0 spiro atoms. The minimum Gasteiger partial charge on any atom is -0.372 e. The summed E-state index contributed by atoms with van der Waals surface area (Å²) in [5, 5.41) is 28.3. The van der Waals surface area contributed by atoms with Crippen LogP contribution in [-0.4, -0.2) is 48.9 Å². The molecule has 3 aliphatic rings. The Bertz CT molecular complexity index is 1090. The van der Waals surface area contributed by atoms with E-state index < -0.39 is 12.3 Å². The van der Waals surface area contributed by atoms with E-state index in [0.717, 1.165) is 30.0 Å². The molecule has 1 fully saturated rings. The van der Waals surface area contributed by atoms with Gasteiger partial charge in [0.25, 0.3) is 0 Å². The number of hydroxylamine groups is 1. The smallest absolute Gasteiger partial charge is 0.305 e. The van der Waals surface area contributed by atoms with Gasteiger partial charge in [-0.1, -0.05) is 28.4 Å². The van der Waals surface area contributed by atoms with E-state index in [1.165, 1.54) is 0 Å². The fourth-order valence-electron chi connectivity index (χ4n) is 3.44. The molecule has 0 bridgehead atoms. The first kappa shape index (κ1) is 23.5. The maximum absolute atomic E-state index is 12.6. The summed E-state index contributed by atoms with van der Waals surface area (Å²) in [5.41, 5.74) is 2.81. The highest BCUT2D eigenvalue weighted by Gasteiger charge is 2.33. The lowest BCUT2D eigenvalue weighted by atomic mass is 10.00. The molecule has 1 atom stereocenters. The number of carbonyl (C=O) groups excluding carboxylic acids is 1. The van der Waals surface area contributed by atoms with Crippen molar-refractivity contribution in [3.8, 4) is 6.07 Å². The summed E-state index contributed by atoms with van der Waals surface area (Å²) >= 11 is 0. The summed E-state index contributed by atoms with van der Waals surface area (Å²) in [6.07, 6.45) is 7.37. The molecular formula is C23H26N8O3. The largest absolute Gasteiger partial charge is 0.372 e. The van der Waals surface area contributed by atoms with Gasteiger partial charge in [-0.3, -0.25) is 15.4 Å². The first-order valence-corrected chi connectivity index (χ1v) is 11.1. The number of anilines is 1. The summed E-state index contributed by atoms with van der Waals surface area (Å²) in [7, 11) is 0. The number of hydrogen-bond donors (Lipinski definition) is 2. The van der Waals surface area contributed by atoms with Gasteiger partial charge in [0.05, 0.1) is 24.0 Å². The third-order valence-electron chi connectivity index (χ3n) is 5.46. The van der Waals surface area contributed by atoms with Crippen LogP contribution in [0.1, 0.15) is 20.3 Å². The Morgan fingerprint density at radius 1 is 1.29 bits per heavy atom. The van der Waals surface area contributed by atoms with E-state index in [1.54, 1.807) is 6.08 Å². The molecule has 11 nitrogen and oxygen atoms in total. The van der Waals surface area contributed by atoms with Crippen LogP contribution in [0.15, 0.2) is 75.0 Å². The fourth-order valence-corrected chi connectivity index (χ4v) is 3.44. The SMILES string of the molecule is CCN(CC)c1ccc(/N=N/C2C=CC(/C=C3\C(=O)N(OOC4NCN4)N=C3C#N)=CC2)cc1. The molecule has 0 aromatic heterocycles. The Balaban J connectivity index is 1.34. The first-order valence-electron chi connectivity index (χ1n) is 11.1. The quantitative estimate of drug-likeness (QED) is 0.250. The Morgan fingerprint density at radius 3 is 2.65 bits per heavy atom. The summed E-state index contributed by atoms with van der Waals surface area (Å²) in [4.78, 5) is 24.7. The number of rotatable bonds is 9. The van der Waals surface area contributed by atoms with Crippen LogP contribution in [-0.2, 0) is 14.7 Å². The van der Waals surface area contributed by atoms with Crippen molar-refractivity contribution in [1.82, 2.24) is 15.8 Å². The van der Waals surface area contributed by atoms with Gasteiger partial charge in [-0.15, -0.1) is 5.10 Å². The summed E-state index contributed by atoms with van der Waals surface area (Å²) < 4.78 is 0. The molecule has 176 valence electrons. The molecule has 1 saturated heterocycles. The maximum Gasteiger partial charge on any atom is 0.305 e. The van der Waals surface area contributed by atoms with E-state index in [2.05, 4.69) is 44.7 Å². The number of nitrogens with zero attached hydrogens (tertiary/aromatic N) is 6. The monoisotopic (exact) mass is 462 g/mol. The summed E-state index contributed by atoms with van der Waals surface area (Å²) in [6, 6.07) is 9.81. The Labute approximate surface area is 197 Å². The average Bonchev–Trinajstić information content (AvgIpc) is 3.13. The van der Waals surface area contributed by atoms with Crippen LogP contribution in [0.5, 0.6) is 0 Å². The van der Waals surface area contributed by atoms with Crippen molar-refractivity contribution in [3.63, 3.8) is 0 Å². The van der Waals surface area contributed by atoms with Crippen molar-refractivity contribution in [2.45, 2.75) is 32.7 Å². The molecule has 11 heteroatoms. The van der Waals surface area contributed by atoms with Gasteiger partial charge in [0, 0.05) is 18.8 Å². The number of azo groups is 1. The normalized spacial score (nSPS) is 21.6. The number of carbonyl (C=O) groups is 1. The molecule has 2 aliphatic heterocycles. The van der Waals surface area contributed by atoms with Crippen LogP contribution in [0.25, 0.3) is 0 Å². The molecule has 1 amide bonds. The molecule has 1 unspecified atom stereocenters. The Morgan fingerprint density at radius 2 is 2.06 bits per heavy atom. The Kier molecular flexibility index (Phi) is 7.56. The van der Waals surface area contributed by atoms with Gasteiger partial charge < -0.3 is 4.90 Å². The first-order chi connectivity index (χ1) is 16.6. The number of benzene rings is 1. The van der Waals surface area contributed by atoms with Gasteiger partial charge in [0.2, 0.25) is 6.35 Å². The number of hydrazone groups is 1. The molecule has 2 N–H and O–H groups in total. The number of allylic oxidation sites excluding steroid dienone is 3. The third-order valence-corrected chi connectivity index (χ3v) is 5.46. The highest BCUT2D eigenvalue weighted by molar-refractivity contribution is 6.30. The van der Waals surface area contributed by atoms with Gasteiger partial charge in [0.15, 0.2) is 5.71 Å². The maximum atomic E-state index is 12.6. The van der Waals surface area contributed by atoms with Crippen LogP contribution < -0.4 is 15.5 Å². The van der Waals surface area contributed by atoms with Crippen LogP contribution in [0, 0.1) is 11.3 Å². The van der Waals surface area contributed by atoms with Crippen molar-refractivity contribution in [1.29, 1.82) is 5.26 Å². The molecule has 1 aromatic rings. The van der Waals surface area contributed by atoms with Gasteiger partial charge in [-0.05, 0) is 56.2 Å². The van der Waals surface area contributed by atoms with Gasteiger partial charge in [-0.25, -0.2) is 0 Å². The molecule has 0 saturated carbocycles. The number of amides is 1. The summed E-state index contributed by atoms with van der Waals surface area (Å²) in [6.45, 7) is 6.74. The second kappa shape index (κ2) is 11.0. The van der Waals surface area contributed by atoms with E-state index in [9.17, 15) is 10.1 Å². The fraction of sp³-hybridized carbons (Fsp3) is 0.348. The van der Waals surface area contributed by atoms with Gasteiger partial charge in [-0.2, -0.15) is 20.4 Å². The minimum atomic E-state index is -0.583. The predicted molar refractivity (Wildman–Crippen MR) is 125 cm³/mol. The molecule has 2 heterocycles. The average molecular weight is 463 g/mol. The van der Waals surface area contributed by atoms with Crippen LogP contribution in [0.2, 0.25) is 0 Å². The highest BCUT2D eigenvalue weighted by atomic mass is 17.3. The van der Waals surface area contributed by atoms with Crippen molar-refractivity contribution in [3.05, 3.63) is 59.7 Å². The molecule has 0 radical (unpaired) electrons. The zero-order chi connectivity index (χ0) is 23.9.